The molecule has 0 amide bonds. The van der Waals surface area contributed by atoms with Crippen molar-refractivity contribution in [3.05, 3.63) is 188 Å². The number of nitrogens with zero attached hydrogens (tertiary/aromatic N) is 3. The third kappa shape index (κ3) is 4.12. The largest absolute Gasteiger partial charge is 0.309 e. The monoisotopic (exact) mass is 669 g/mol. The first-order chi connectivity index (χ1) is 33.7. The molecule has 11 rings (SSSR count). The highest BCUT2D eigenvalue weighted by molar-refractivity contribution is 6.14. The molecule has 11 aromatic rings. The maximum Gasteiger partial charge on any atom is 0.0652 e. The Hall–Kier alpha value is -6.84. The van der Waals surface area contributed by atoms with E-state index < -0.39 is 143 Å². The Kier molecular flexibility index (Phi) is 3.18. The molecule has 0 saturated heterocycles. The van der Waals surface area contributed by atoms with Gasteiger partial charge in [0.1, 0.15) is 0 Å². The summed E-state index contributed by atoms with van der Waals surface area (Å²) in [6.07, 6.45) is 0. The first-order valence-electron chi connectivity index (χ1n) is 25.9. The molecule has 8 aromatic carbocycles. The zero-order valence-electron chi connectivity index (χ0n) is 46.2. The molecule has 3 aromatic heterocycles. The Morgan fingerprint density at radius 2 is 0.765 bits per heavy atom. The fourth-order valence-corrected chi connectivity index (χ4v) is 6.86. The highest BCUT2D eigenvalue weighted by Crippen LogP contribution is 2.40. The van der Waals surface area contributed by atoms with Gasteiger partial charge in [-0.25, -0.2) is 0 Å². The van der Waals surface area contributed by atoms with E-state index >= 15 is 0 Å². The smallest absolute Gasteiger partial charge is 0.0652 e. The predicted molar refractivity (Wildman–Crippen MR) is 215 cm³/mol. The third-order valence-corrected chi connectivity index (χ3v) is 9.04. The predicted octanol–water partition coefficient (Wildman–Crippen LogP) is 12.6. The normalized spacial score (nSPS) is 17.4. The Morgan fingerprint density at radius 1 is 0.294 bits per heavy atom. The first kappa shape index (κ1) is 15.0. The van der Waals surface area contributed by atoms with Gasteiger partial charge in [0.25, 0.3) is 0 Å². The highest BCUT2D eigenvalue weighted by atomic mass is 15.0. The van der Waals surface area contributed by atoms with Gasteiger partial charge in [-0.3, -0.25) is 0 Å². The zero-order chi connectivity index (χ0) is 50.9. The molecule has 0 fully saturated rings. The summed E-state index contributed by atoms with van der Waals surface area (Å²) in [5.74, 6) is 0. The molecule has 3 heterocycles. The van der Waals surface area contributed by atoms with Crippen LogP contribution in [0.25, 0.3) is 93.6 Å². The van der Waals surface area contributed by atoms with Crippen molar-refractivity contribution in [1.82, 2.24) is 13.7 Å². The van der Waals surface area contributed by atoms with Crippen molar-refractivity contribution in [2.75, 3.05) is 0 Å². The maximum absolute atomic E-state index is 9.93. The second kappa shape index (κ2) is 10.8. The average Bonchev–Trinajstić information content (AvgIpc) is 4.03. The number of fused-ring (bicyclic) bond motifs is 9. The molecule has 0 spiro atoms. The van der Waals surface area contributed by atoms with E-state index in [2.05, 4.69) is 0 Å². The van der Waals surface area contributed by atoms with Crippen LogP contribution in [-0.4, -0.2) is 13.7 Å². The number of hydrogen-bond donors (Lipinski definition) is 0. The van der Waals surface area contributed by atoms with Crippen LogP contribution in [0.2, 0.25) is 0 Å². The standard InChI is InChI=1S/C48H31N3/c1-3-13-34(14-4-1)49-44-21-11-9-19-39(44)42-31-36(25-28-47(42)49)51-45-22-12-8-18-38(45)41-29-32(24-27-46(41)51)33-23-26-40-37-17-7-10-20-43(37)50(48(40)30-33)35-15-5-2-6-16-35/h1-31H/i7D,8D,9D,10D,11D,12D,17D,18D,19D,20D,21D,23D,24D,25D,26D,27D,28D,29D,30D,31D. The fraction of sp³-hybridized carbons (Fsp3) is 0. The first-order valence-corrected chi connectivity index (χ1v) is 15.9. The van der Waals surface area contributed by atoms with Gasteiger partial charge in [-0.15, -0.1) is 0 Å². The number of benzene rings is 8. The van der Waals surface area contributed by atoms with Gasteiger partial charge in [0, 0.05) is 49.4 Å². The number of aromatic nitrogens is 3. The van der Waals surface area contributed by atoms with E-state index in [9.17, 15) is 13.7 Å². The molecule has 51 heavy (non-hydrogen) atoms. The summed E-state index contributed by atoms with van der Waals surface area (Å²) in [5, 5.41) is -1.31. The van der Waals surface area contributed by atoms with Crippen LogP contribution in [-0.2, 0) is 0 Å². The van der Waals surface area contributed by atoms with Gasteiger partial charge >= 0.3 is 0 Å². The minimum Gasteiger partial charge on any atom is -0.309 e. The molecular weight excluding hydrogens is 619 g/mol. The SMILES string of the molecule is [2H]c1cc2c(c([2H])c1[2H])c1c([2H])c(-c3c([2H])c([2H])c4c5c([2H])c([2H])c([2H])c([2H])c5n(-c5ccccc5)c4c3[2H])c([2H])c([2H])c1n2-c1c([2H])c([2H])c2c(c1[2H])c1c([2H])c([2H])c([2H])c([2H])c1n2-c1ccccc1. The van der Waals surface area contributed by atoms with Crippen molar-refractivity contribution in [2.24, 2.45) is 0 Å². The summed E-state index contributed by atoms with van der Waals surface area (Å²) in [7, 11) is 0. The van der Waals surface area contributed by atoms with Crippen LogP contribution in [0, 0.1) is 0 Å². The van der Waals surface area contributed by atoms with E-state index in [1.165, 1.54) is 9.13 Å². The van der Waals surface area contributed by atoms with Gasteiger partial charge < -0.3 is 13.7 Å². The van der Waals surface area contributed by atoms with Crippen LogP contribution in [0.3, 0.4) is 0 Å². The van der Waals surface area contributed by atoms with E-state index in [0.29, 0.717) is 11.4 Å². The van der Waals surface area contributed by atoms with Gasteiger partial charge in [0.05, 0.1) is 60.5 Å². The Labute approximate surface area is 322 Å². The lowest BCUT2D eigenvalue weighted by atomic mass is 10.0. The molecule has 3 nitrogen and oxygen atoms in total. The summed E-state index contributed by atoms with van der Waals surface area (Å²) in [5.41, 5.74) is -2.00. The third-order valence-electron chi connectivity index (χ3n) is 9.04. The summed E-state index contributed by atoms with van der Waals surface area (Å²) in [4.78, 5) is 0. The number of para-hydroxylation sites is 5. The number of hydrogen-bond acceptors (Lipinski definition) is 0. The van der Waals surface area contributed by atoms with Crippen molar-refractivity contribution < 1.29 is 27.4 Å². The van der Waals surface area contributed by atoms with Crippen LogP contribution in [0.5, 0.6) is 0 Å². The van der Waals surface area contributed by atoms with Crippen molar-refractivity contribution in [1.29, 1.82) is 0 Å². The lowest BCUT2D eigenvalue weighted by Gasteiger charge is -2.11. The maximum atomic E-state index is 9.93. The van der Waals surface area contributed by atoms with Gasteiger partial charge in [0.2, 0.25) is 0 Å². The molecule has 0 aliphatic heterocycles. The van der Waals surface area contributed by atoms with Crippen molar-refractivity contribution >= 4 is 65.4 Å². The van der Waals surface area contributed by atoms with Gasteiger partial charge in [-0.05, 0) is 89.8 Å². The molecule has 238 valence electrons. The molecule has 0 radical (unpaired) electrons. The molecule has 0 saturated carbocycles. The molecule has 0 unspecified atom stereocenters. The summed E-state index contributed by atoms with van der Waals surface area (Å²) < 4.78 is 188. The van der Waals surface area contributed by atoms with Crippen molar-refractivity contribution in [3.63, 3.8) is 0 Å². The average molecular weight is 670 g/mol. The van der Waals surface area contributed by atoms with E-state index in [1.807, 2.05) is 0 Å². The van der Waals surface area contributed by atoms with Gasteiger partial charge in [-0.2, -0.15) is 0 Å². The highest BCUT2D eigenvalue weighted by Gasteiger charge is 2.18. The Balaban J connectivity index is 1.33. The van der Waals surface area contributed by atoms with Crippen LogP contribution in [0.15, 0.2) is 188 Å². The Morgan fingerprint density at radius 3 is 1.47 bits per heavy atom. The van der Waals surface area contributed by atoms with Crippen LogP contribution < -0.4 is 0 Å². The van der Waals surface area contributed by atoms with Gasteiger partial charge in [0.15, 0.2) is 0 Å². The van der Waals surface area contributed by atoms with Gasteiger partial charge in [-0.1, -0.05) is 109 Å². The molecule has 0 aliphatic carbocycles. The second-order valence-electron chi connectivity index (χ2n) is 11.8. The van der Waals surface area contributed by atoms with Crippen molar-refractivity contribution in [3.8, 4) is 28.2 Å². The minimum absolute atomic E-state index is 0.0981. The molecule has 3 heteroatoms. The molecular formula is C48H31N3. The molecule has 0 N–H and O–H groups in total. The Bertz CT molecular complexity index is 4270. The number of rotatable bonds is 4. The second-order valence-corrected chi connectivity index (χ2v) is 11.8. The van der Waals surface area contributed by atoms with E-state index in [4.69, 9.17) is 13.7 Å². The minimum atomic E-state index is -0.803. The fourth-order valence-electron chi connectivity index (χ4n) is 6.86. The van der Waals surface area contributed by atoms with E-state index in [1.54, 1.807) is 60.7 Å². The molecule has 0 atom stereocenters. The lowest BCUT2D eigenvalue weighted by molar-refractivity contribution is 1.17. The lowest BCUT2D eigenvalue weighted by Crippen LogP contribution is -1.95. The molecule has 0 aliphatic rings. The van der Waals surface area contributed by atoms with Crippen LogP contribution in [0.1, 0.15) is 27.4 Å². The van der Waals surface area contributed by atoms with Crippen LogP contribution >= 0.6 is 0 Å². The summed E-state index contributed by atoms with van der Waals surface area (Å²) in [6.45, 7) is 0. The van der Waals surface area contributed by atoms with E-state index in [0.717, 1.165) is 10.6 Å². The van der Waals surface area contributed by atoms with E-state index in [-0.39, 0.29) is 59.9 Å². The topological polar surface area (TPSA) is 14.8 Å². The molecule has 0 bridgehead atoms. The van der Waals surface area contributed by atoms with Crippen molar-refractivity contribution in [2.45, 2.75) is 0 Å². The quantitative estimate of drug-likeness (QED) is 0.177. The summed E-state index contributed by atoms with van der Waals surface area (Å²) in [6, 6.07) is 5.24. The zero-order valence-corrected chi connectivity index (χ0v) is 26.2. The summed E-state index contributed by atoms with van der Waals surface area (Å²) >= 11 is 0. The van der Waals surface area contributed by atoms with Crippen LogP contribution in [0.4, 0.5) is 0 Å².